The van der Waals surface area contributed by atoms with Crippen molar-refractivity contribution in [3.05, 3.63) is 43.3 Å². The van der Waals surface area contributed by atoms with Crippen LogP contribution < -0.4 is 4.87 Å². The number of pyridine rings is 1. The first-order chi connectivity index (χ1) is 8.63. The van der Waals surface area contributed by atoms with Gasteiger partial charge in [-0.1, -0.05) is 11.3 Å². The first-order valence-corrected chi connectivity index (χ1v) is 6.64. The molecule has 92 valence electrons. The molecule has 3 heterocycles. The lowest BCUT2D eigenvalue weighted by molar-refractivity contribution is 0.780. The van der Waals surface area contributed by atoms with Crippen LogP contribution in [0.5, 0.6) is 0 Å². The van der Waals surface area contributed by atoms with Gasteiger partial charge in [0.1, 0.15) is 0 Å². The van der Waals surface area contributed by atoms with Gasteiger partial charge < -0.3 is 9.97 Å². The molecule has 0 bridgehead atoms. The minimum atomic E-state index is -0.0554. The molecule has 0 unspecified atom stereocenters. The molecule has 3 aromatic heterocycles. The summed E-state index contributed by atoms with van der Waals surface area (Å²) in [5, 5.41) is 1.80. The van der Waals surface area contributed by atoms with E-state index in [1.54, 1.807) is 11.6 Å². The van der Waals surface area contributed by atoms with Gasteiger partial charge in [0.2, 0.25) is 0 Å². The smallest absolute Gasteiger partial charge is 0.304 e. The minimum absolute atomic E-state index is 0.0554. The van der Waals surface area contributed by atoms with Crippen molar-refractivity contribution in [3.63, 3.8) is 0 Å². The highest BCUT2D eigenvalue weighted by atomic mass is 32.1. The summed E-state index contributed by atoms with van der Waals surface area (Å²) >= 11 is 6.43. The van der Waals surface area contributed by atoms with Crippen LogP contribution in [0.3, 0.4) is 0 Å². The zero-order chi connectivity index (χ0) is 12.7. The fraction of sp³-hybridized carbons (Fsp3) is 0.182. The Morgan fingerprint density at radius 3 is 3.06 bits per heavy atom. The van der Waals surface area contributed by atoms with Crippen molar-refractivity contribution in [2.24, 2.45) is 0 Å². The first-order valence-electron chi connectivity index (χ1n) is 5.35. The fourth-order valence-corrected chi connectivity index (χ4v) is 2.69. The molecule has 0 fully saturated rings. The highest BCUT2D eigenvalue weighted by Crippen LogP contribution is 2.14. The van der Waals surface area contributed by atoms with E-state index >= 15 is 0 Å². The first kappa shape index (κ1) is 11.4. The molecule has 0 aliphatic rings. The van der Waals surface area contributed by atoms with Gasteiger partial charge in [-0.3, -0.25) is 9.36 Å². The van der Waals surface area contributed by atoms with Crippen LogP contribution in [0.4, 0.5) is 0 Å². The van der Waals surface area contributed by atoms with Crippen molar-refractivity contribution < 1.29 is 0 Å². The molecular formula is C11H10N4OS2. The zero-order valence-corrected chi connectivity index (χ0v) is 11.2. The number of fused-ring (bicyclic) bond motifs is 1. The van der Waals surface area contributed by atoms with Gasteiger partial charge in [0.05, 0.1) is 12.1 Å². The highest BCUT2D eigenvalue weighted by molar-refractivity contribution is 7.71. The van der Waals surface area contributed by atoms with E-state index in [0.29, 0.717) is 11.3 Å². The maximum absolute atomic E-state index is 11.1. The molecule has 0 amide bonds. The summed E-state index contributed by atoms with van der Waals surface area (Å²) in [7, 11) is 0. The number of aryl methyl sites for hydroxylation is 1. The quantitative estimate of drug-likeness (QED) is 0.706. The van der Waals surface area contributed by atoms with Gasteiger partial charge in [0.25, 0.3) is 0 Å². The minimum Gasteiger partial charge on any atom is -0.329 e. The Morgan fingerprint density at radius 1 is 1.50 bits per heavy atom. The van der Waals surface area contributed by atoms with E-state index in [4.69, 9.17) is 12.2 Å². The van der Waals surface area contributed by atoms with Gasteiger partial charge in [0.15, 0.2) is 10.4 Å². The van der Waals surface area contributed by atoms with Gasteiger partial charge in [-0.25, -0.2) is 4.98 Å². The Morgan fingerprint density at radius 2 is 2.33 bits per heavy atom. The maximum atomic E-state index is 11.1. The second kappa shape index (κ2) is 4.18. The zero-order valence-electron chi connectivity index (χ0n) is 9.56. The summed E-state index contributed by atoms with van der Waals surface area (Å²) in [6.07, 6.45) is 1.80. The number of hydrogen-bond acceptors (Lipinski definition) is 4. The van der Waals surface area contributed by atoms with Crippen LogP contribution in [0, 0.1) is 11.7 Å². The summed E-state index contributed by atoms with van der Waals surface area (Å²) in [6, 6.07) is 2.00. The predicted octanol–water partition coefficient (Wildman–Crippen LogP) is 2.20. The number of rotatable bonds is 2. The fourth-order valence-electron chi connectivity index (χ4n) is 1.86. The number of imidazole rings is 1. The lowest BCUT2D eigenvalue weighted by atomic mass is 10.3. The van der Waals surface area contributed by atoms with E-state index in [0.717, 1.165) is 33.8 Å². The number of nitrogens with one attached hydrogen (secondary N) is 2. The van der Waals surface area contributed by atoms with E-state index in [9.17, 15) is 4.79 Å². The van der Waals surface area contributed by atoms with Gasteiger partial charge in [-0.15, -0.1) is 0 Å². The van der Waals surface area contributed by atoms with E-state index in [1.165, 1.54) is 0 Å². The summed E-state index contributed by atoms with van der Waals surface area (Å²) in [4.78, 5) is 21.3. The topological polar surface area (TPSA) is 66.5 Å². The number of thiazole rings is 1. The van der Waals surface area contributed by atoms with Crippen molar-refractivity contribution >= 4 is 34.7 Å². The summed E-state index contributed by atoms with van der Waals surface area (Å²) in [5.41, 5.74) is 3.63. The van der Waals surface area contributed by atoms with Crippen LogP contribution in [-0.2, 0) is 6.54 Å². The molecule has 0 aromatic carbocycles. The third kappa shape index (κ3) is 1.91. The van der Waals surface area contributed by atoms with Gasteiger partial charge in [-0.05, 0) is 30.8 Å². The Hall–Kier alpha value is -1.73. The molecule has 0 aliphatic heterocycles. The van der Waals surface area contributed by atoms with Crippen LogP contribution in [-0.4, -0.2) is 19.5 Å². The Labute approximate surface area is 111 Å². The molecule has 0 saturated heterocycles. The van der Waals surface area contributed by atoms with Crippen LogP contribution in [0.1, 0.15) is 11.3 Å². The van der Waals surface area contributed by atoms with Crippen molar-refractivity contribution in [3.8, 4) is 0 Å². The van der Waals surface area contributed by atoms with Gasteiger partial charge in [-0.2, -0.15) is 0 Å². The number of aromatic amines is 2. The normalized spacial score (nSPS) is 11.2. The third-order valence-corrected chi connectivity index (χ3v) is 3.69. The molecule has 0 radical (unpaired) electrons. The van der Waals surface area contributed by atoms with Crippen LogP contribution in [0.15, 0.2) is 22.4 Å². The second-order valence-corrected chi connectivity index (χ2v) is 5.30. The molecule has 0 aliphatic carbocycles. The number of hydrogen-bond donors (Lipinski definition) is 2. The monoisotopic (exact) mass is 278 g/mol. The van der Waals surface area contributed by atoms with Crippen molar-refractivity contribution in [2.75, 3.05) is 0 Å². The molecule has 18 heavy (non-hydrogen) atoms. The standard InChI is InChI=1S/C11H10N4OS2/c1-6-2-8-9(12-3-6)15(10(17)14-8)4-7-5-18-11(16)13-7/h2-3,5H,4H2,1H3,(H,13,16)(H,14,17). The van der Waals surface area contributed by atoms with Crippen LogP contribution >= 0.6 is 23.6 Å². The van der Waals surface area contributed by atoms with Crippen LogP contribution in [0.25, 0.3) is 11.2 Å². The predicted molar refractivity (Wildman–Crippen MR) is 73.7 cm³/mol. The van der Waals surface area contributed by atoms with Crippen molar-refractivity contribution in [2.45, 2.75) is 13.5 Å². The summed E-state index contributed by atoms with van der Waals surface area (Å²) < 4.78 is 2.48. The van der Waals surface area contributed by atoms with E-state index in [1.807, 2.05) is 17.6 Å². The van der Waals surface area contributed by atoms with Gasteiger partial charge >= 0.3 is 4.87 Å². The van der Waals surface area contributed by atoms with E-state index < -0.39 is 0 Å². The lowest BCUT2D eigenvalue weighted by Gasteiger charge is -2.01. The highest BCUT2D eigenvalue weighted by Gasteiger charge is 2.07. The average molecular weight is 278 g/mol. The van der Waals surface area contributed by atoms with Gasteiger partial charge in [0, 0.05) is 17.3 Å². The molecule has 7 heteroatoms. The number of nitrogens with zero attached hydrogens (tertiary/aromatic N) is 2. The molecule has 0 saturated carbocycles. The Kier molecular flexibility index (Phi) is 2.64. The molecule has 3 rings (SSSR count). The Bertz CT molecular complexity index is 823. The molecule has 0 spiro atoms. The van der Waals surface area contributed by atoms with Crippen molar-refractivity contribution in [1.82, 2.24) is 19.5 Å². The third-order valence-electron chi connectivity index (χ3n) is 2.65. The molecule has 5 nitrogen and oxygen atoms in total. The number of H-pyrrole nitrogens is 2. The molecular weight excluding hydrogens is 268 g/mol. The SMILES string of the molecule is Cc1cnc2c(c1)[nH]c(=S)n2Cc1csc(=O)[nH]1. The number of aromatic nitrogens is 4. The Balaban J connectivity index is 2.14. The second-order valence-electron chi connectivity index (χ2n) is 4.07. The largest absolute Gasteiger partial charge is 0.329 e. The lowest BCUT2D eigenvalue weighted by Crippen LogP contribution is -2.03. The molecule has 2 N–H and O–H groups in total. The molecule has 3 aromatic rings. The van der Waals surface area contributed by atoms with E-state index in [-0.39, 0.29) is 4.87 Å². The summed E-state index contributed by atoms with van der Waals surface area (Å²) in [6.45, 7) is 2.50. The molecule has 0 atom stereocenters. The van der Waals surface area contributed by atoms with E-state index in [2.05, 4.69) is 15.0 Å². The summed E-state index contributed by atoms with van der Waals surface area (Å²) in [5.74, 6) is 0. The maximum Gasteiger partial charge on any atom is 0.304 e. The van der Waals surface area contributed by atoms with Crippen LogP contribution in [0.2, 0.25) is 0 Å². The van der Waals surface area contributed by atoms with Crippen molar-refractivity contribution in [1.29, 1.82) is 0 Å². The average Bonchev–Trinajstić information content (AvgIpc) is 2.84.